The summed E-state index contributed by atoms with van der Waals surface area (Å²) < 4.78 is 0.999. The van der Waals surface area contributed by atoms with Crippen molar-refractivity contribution in [3.8, 4) is 11.3 Å². The van der Waals surface area contributed by atoms with E-state index < -0.39 is 0 Å². The van der Waals surface area contributed by atoms with Gasteiger partial charge in [-0.2, -0.15) is 0 Å². The number of aryl methyl sites for hydroxylation is 2. The van der Waals surface area contributed by atoms with E-state index in [0.29, 0.717) is 10.7 Å². The Balaban J connectivity index is 1.42. The summed E-state index contributed by atoms with van der Waals surface area (Å²) in [6.45, 7) is 3.99. The van der Waals surface area contributed by atoms with Crippen molar-refractivity contribution >= 4 is 61.7 Å². The number of hydrogen-bond acceptors (Lipinski definition) is 5. The first-order valence-electron chi connectivity index (χ1n) is 10.5. The number of benzene rings is 3. The number of thioether (sulfide) groups is 1. The summed E-state index contributed by atoms with van der Waals surface area (Å²) in [6, 6.07) is 22.8. The van der Waals surface area contributed by atoms with Gasteiger partial charge in [0.1, 0.15) is 0 Å². The Morgan fingerprint density at radius 3 is 2.38 bits per heavy atom. The molecule has 4 rings (SSSR count). The molecule has 4 aromatic rings. The van der Waals surface area contributed by atoms with Gasteiger partial charge in [-0.3, -0.25) is 14.9 Å². The summed E-state index contributed by atoms with van der Waals surface area (Å²) in [6.07, 6.45) is 0. The second-order valence-corrected chi connectivity index (χ2v) is 10.7. The number of hydrogen-bond donors (Lipinski definition) is 2. The summed E-state index contributed by atoms with van der Waals surface area (Å²) in [5.41, 5.74) is 4.24. The molecule has 3 aromatic carbocycles. The van der Waals surface area contributed by atoms with E-state index in [4.69, 9.17) is 0 Å². The van der Waals surface area contributed by atoms with Gasteiger partial charge in [0.15, 0.2) is 5.13 Å². The minimum atomic E-state index is -0.252. The second kappa shape index (κ2) is 11.0. The third-order valence-electron chi connectivity index (χ3n) is 4.96. The van der Waals surface area contributed by atoms with Crippen LogP contribution < -0.4 is 10.6 Å². The quantitative estimate of drug-likeness (QED) is 0.239. The van der Waals surface area contributed by atoms with Crippen LogP contribution >= 0.6 is 39.0 Å². The lowest BCUT2D eigenvalue weighted by Gasteiger charge is -2.09. The molecule has 5 nitrogen and oxygen atoms in total. The number of anilines is 2. The zero-order chi connectivity index (χ0) is 24.1. The maximum atomic E-state index is 13.0. The Morgan fingerprint density at radius 1 is 0.941 bits per heavy atom. The van der Waals surface area contributed by atoms with Gasteiger partial charge in [0.2, 0.25) is 5.91 Å². The number of nitrogens with one attached hydrogen (secondary N) is 2. The number of nitrogens with zero attached hydrogens (tertiary/aromatic N) is 1. The zero-order valence-corrected chi connectivity index (χ0v) is 21.8. The molecule has 1 heterocycles. The van der Waals surface area contributed by atoms with Crippen molar-refractivity contribution < 1.29 is 9.59 Å². The van der Waals surface area contributed by atoms with E-state index >= 15 is 0 Å². The monoisotopic (exact) mass is 551 g/mol. The van der Waals surface area contributed by atoms with Gasteiger partial charge < -0.3 is 5.32 Å². The number of thiazole rings is 1. The number of halogens is 1. The molecule has 0 aliphatic heterocycles. The van der Waals surface area contributed by atoms with Crippen molar-refractivity contribution in [2.75, 3.05) is 16.4 Å². The van der Waals surface area contributed by atoms with Gasteiger partial charge in [-0.15, -0.1) is 23.1 Å². The number of rotatable bonds is 7. The molecule has 0 fully saturated rings. The zero-order valence-electron chi connectivity index (χ0n) is 18.6. The highest BCUT2D eigenvalue weighted by molar-refractivity contribution is 9.10. The Morgan fingerprint density at radius 2 is 1.65 bits per heavy atom. The van der Waals surface area contributed by atoms with Crippen LogP contribution in [0.25, 0.3) is 11.3 Å². The fourth-order valence-corrected chi connectivity index (χ4v) is 5.19. The molecule has 0 radical (unpaired) electrons. The molecule has 0 saturated heterocycles. The van der Waals surface area contributed by atoms with Crippen LogP contribution in [0.2, 0.25) is 0 Å². The van der Waals surface area contributed by atoms with Gasteiger partial charge >= 0.3 is 0 Å². The van der Waals surface area contributed by atoms with E-state index in [0.717, 1.165) is 36.8 Å². The van der Waals surface area contributed by atoms with Crippen LogP contribution in [0.5, 0.6) is 0 Å². The highest BCUT2D eigenvalue weighted by Crippen LogP contribution is 2.32. The minimum Gasteiger partial charge on any atom is -0.325 e. The van der Waals surface area contributed by atoms with Crippen LogP contribution in [0.3, 0.4) is 0 Å². The summed E-state index contributed by atoms with van der Waals surface area (Å²) in [7, 11) is 0. The molecule has 0 saturated carbocycles. The van der Waals surface area contributed by atoms with Crippen LogP contribution in [0.15, 0.2) is 82.2 Å². The number of carbonyl (C=O) groups excluding carboxylic acids is 2. The largest absolute Gasteiger partial charge is 0.325 e. The molecule has 0 aliphatic carbocycles. The topological polar surface area (TPSA) is 71.1 Å². The molecule has 0 spiro atoms. The van der Waals surface area contributed by atoms with E-state index in [9.17, 15) is 9.59 Å². The number of carbonyl (C=O) groups is 2. The molecule has 8 heteroatoms. The molecule has 0 atom stereocenters. The van der Waals surface area contributed by atoms with Crippen LogP contribution in [0.4, 0.5) is 10.8 Å². The molecule has 1 aromatic heterocycles. The lowest BCUT2D eigenvalue weighted by atomic mass is 10.1. The average Bonchev–Trinajstić information content (AvgIpc) is 3.19. The second-order valence-electron chi connectivity index (χ2n) is 7.58. The lowest BCUT2D eigenvalue weighted by molar-refractivity contribution is -0.113. The molecule has 2 N–H and O–H groups in total. The van der Waals surface area contributed by atoms with E-state index in [1.165, 1.54) is 23.1 Å². The average molecular weight is 553 g/mol. The Kier molecular flexibility index (Phi) is 7.82. The first kappa shape index (κ1) is 24.2. The molecular weight excluding hydrogens is 530 g/mol. The fourth-order valence-electron chi connectivity index (χ4n) is 3.25. The highest BCUT2D eigenvalue weighted by atomic mass is 79.9. The van der Waals surface area contributed by atoms with Gasteiger partial charge in [0, 0.05) is 25.5 Å². The molecule has 34 heavy (non-hydrogen) atoms. The molecule has 172 valence electrons. The molecular formula is C26H22BrN3O2S2. The lowest BCUT2D eigenvalue weighted by Crippen LogP contribution is -2.15. The van der Waals surface area contributed by atoms with Crippen LogP contribution in [0, 0.1) is 13.8 Å². The van der Waals surface area contributed by atoms with E-state index in [-0.39, 0.29) is 17.6 Å². The van der Waals surface area contributed by atoms with Crippen molar-refractivity contribution in [1.29, 1.82) is 0 Å². The first-order chi connectivity index (χ1) is 16.4. The van der Waals surface area contributed by atoms with Crippen molar-refractivity contribution in [3.05, 3.63) is 93.3 Å². The van der Waals surface area contributed by atoms with Gasteiger partial charge in [0.05, 0.1) is 17.0 Å². The van der Waals surface area contributed by atoms with Crippen molar-refractivity contribution in [1.82, 2.24) is 4.98 Å². The minimum absolute atomic E-state index is 0.126. The van der Waals surface area contributed by atoms with Crippen molar-refractivity contribution in [3.63, 3.8) is 0 Å². The SMILES string of the molecule is Cc1ccc(NC(=O)CSc2ccccc2C(=O)Nc2nc(-c3ccc(Br)cc3)c(C)s2)cc1. The predicted octanol–water partition coefficient (Wildman–Crippen LogP) is 7.17. The smallest absolute Gasteiger partial charge is 0.258 e. The van der Waals surface area contributed by atoms with Crippen molar-refractivity contribution in [2.24, 2.45) is 0 Å². The molecule has 0 aliphatic rings. The Bertz CT molecular complexity index is 1320. The maximum Gasteiger partial charge on any atom is 0.258 e. The Hall–Kier alpha value is -2.94. The van der Waals surface area contributed by atoms with Crippen LogP contribution in [0.1, 0.15) is 20.8 Å². The van der Waals surface area contributed by atoms with E-state index in [2.05, 4.69) is 31.5 Å². The van der Waals surface area contributed by atoms with Crippen LogP contribution in [-0.2, 0) is 4.79 Å². The molecule has 2 amide bonds. The first-order valence-corrected chi connectivity index (χ1v) is 13.1. The number of amides is 2. The number of aromatic nitrogens is 1. The van der Waals surface area contributed by atoms with Gasteiger partial charge in [-0.25, -0.2) is 4.98 Å². The van der Waals surface area contributed by atoms with Gasteiger partial charge in [-0.05, 0) is 50.2 Å². The summed E-state index contributed by atoms with van der Waals surface area (Å²) in [5, 5.41) is 6.34. The van der Waals surface area contributed by atoms with Gasteiger partial charge in [-0.1, -0.05) is 57.9 Å². The third-order valence-corrected chi connectivity index (χ3v) is 7.45. The summed E-state index contributed by atoms with van der Waals surface area (Å²) in [4.78, 5) is 31.8. The standard InChI is InChI=1S/C26H22BrN3O2S2/c1-16-7-13-20(14-8-16)28-23(31)15-33-22-6-4-3-5-21(22)25(32)30-26-29-24(17(2)34-26)18-9-11-19(27)12-10-18/h3-14H,15H2,1-2H3,(H,28,31)(H,29,30,32). The van der Waals surface area contributed by atoms with Crippen LogP contribution in [-0.4, -0.2) is 22.6 Å². The van der Waals surface area contributed by atoms with E-state index in [1.54, 1.807) is 6.07 Å². The highest BCUT2D eigenvalue weighted by Gasteiger charge is 2.16. The third kappa shape index (κ3) is 6.14. The molecule has 0 unspecified atom stereocenters. The predicted molar refractivity (Wildman–Crippen MR) is 145 cm³/mol. The normalized spacial score (nSPS) is 10.7. The van der Waals surface area contributed by atoms with E-state index in [1.807, 2.05) is 80.6 Å². The Labute approximate surface area is 215 Å². The summed E-state index contributed by atoms with van der Waals surface area (Å²) >= 11 is 6.21. The van der Waals surface area contributed by atoms with Crippen molar-refractivity contribution in [2.45, 2.75) is 18.7 Å². The summed E-state index contributed by atoms with van der Waals surface area (Å²) in [5.74, 6) is -0.181. The molecule has 0 bridgehead atoms. The fraction of sp³-hybridized carbons (Fsp3) is 0.115. The van der Waals surface area contributed by atoms with Gasteiger partial charge in [0.25, 0.3) is 5.91 Å². The maximum absolute atomic E-state index is 13.0.